The summed E-state index contributed by atoms with van der Waals surface area (Å²) in [6.45, 7) is 0. The molecule has 0 bridgehead atoms. The number of carboxylic acids is 1. The molecule has 0 spiro atoms. The molecule has 0 amide bonds. The van der Waals surface area contributed by atoms with Crippen LogP contribution in [-0.2, 0) is 10.5 Å². The second kappa shape index (κ2) is 7.67. The fraction of sp³-hybridized carbons (Fsp3) is 0.385. The van der Waals surface area contributed by atoms with Gasteiger partial charge in [-0.1, -0.05) is 6.07 Å². The minimum absolute atomic E-state index is 0.432. The van der Waals surface area contributed by atoms with Gasteiger partial charge in [0.2, 0.25) is 0 Å². The zero-order chi connectivity index (χ0) is 14.3. The van der Waals surface area contributed by atoms with E-state index in [1.807, 2.05) is 6.07 Å². The zero-order valence-corrected chi connectivity index (χ0v) is 11.4. The van der Waals surface area contributed by atoms with Gasteiger partial charge in [-0.05, 0) is 29.9 Å². The molecule has 0 aliphatic rings. The molecule has 1 rings (SSSR count). The lowest BCUT2D eigenvalue weighted by Gasteiger charge is -2.07. The number of carbonyl (C=O) groups is 1. The molecule has 19 heavy (non-hydrogen) atoms. The molecule has 6 heteroatoms. The number of hydrogen-bond acceptors (Lipinski definition) is 5. The minimum Gasteiger partial charge on any atom is -0.495 e. The van der Waals surface area contributed by atoms with E-state index < -0.39 is 12.0 Å². The smallest absolute Gasteiger partial charge is 0.320 e. The van der Waals surface area contributed by atoms with E-state index in [4.69, 9.17) is 20.8 Å². The van der Waals surface area contributed by atoms with Gasteiger partial charge in [-0.3, -0.25) is 4.79 Å². The van der Waals surface area contributed by atoms with E-state index in [-0.39, 0.29) is 0 Å². The van der Waals surface area contributed by atoms with E-state index >= 15 is 0 Å². The average Bonchev–Trinajstić information content (AvgIpc) is 2.42. The van der Waals surface area contributed by atoms with Crippen LogP contribution in [0.3, 0.4) is 0 Å². The zero-order valence-electron chi connectivity index (χ0n) is 10.6. The third kappa shape index (κ3) is 4.81. The molecular formula is C13H16N2O3S. The Labute approximate surface area is 116 Å². The Hall–Kier alpha value is -1.71. The van der Waals surface area contributed by atoms with Crippen LogP contribution >= 0.6 is 11.8 Å². The SMILES string of the molecule is COc1ccc(CSCCC(N)C(=O)O)cc1C#N. The number of nitrogens with two attached hydrogens (primary N) is 1. The van der Waals surface area contributed by atoms with Crippen LogP contribution in [0.15, 0.2) is 18.2 Å². The fourth-order valence-electron chi connectivity index (χ4n) is 1.46. The van der Waals surface area contributed by atoms with Crippen molar-refractivity contribution in [3.8, 4) is 11.8 Å². The maximum absolute atomic E-state index is 10.5. The molecule has 0 saturated carbocycles. The molecule has 0 aliphatic heterocycles. The molecule has 3 N–H and O–H groups in total. The summed E-state index contributed by atoms with van der Waals surface area (Å²) in [6.07, 6.45) is 0.432. The van der Waals surface area contributed by atoms with Crippen molar-refractivity contribution in [1.29, 1.82) is 5.26 Å². The van der Waals surface area contributed by atoms with E-state index in [2.05, 4.69) is 6.07 Å². The molecule has 0 aliphatic carbocycles. The van der Waals surface area contributed by atoms with Gasteiger partial charge in [0.25, 0.3) is 0 Å². The first-order valence-electron chi connectivity index (χ1n) is 5.71. The lowest BCUT2D eigenvalue weighted by molar-refractivity contribution is -0.138. The number of rotatable bonds is 7. The van der Waals surface area contributed by atoms with Crippen LogP contribution in [-0.4, -0.2) is 30.0 Å². The first-order chi connectivity index (χ1) is 9.08. The van der Waals surface area contributed by atoms with Crippen LogP contribution in [0.5, 0.6) is 5.75 Å². The highest BCUT2D eigenvalue weighted by Gasteiger charge is 2.10. The Kier molecular flexibility index (Phi) is 6.19. The summed E-state index contributed by atoms with van der Waals surface area (Å²) in [6, 6.07) is 6.71. The Morgan fingerprint density at radius 3 is 2.95 bits per heavy atom. The second-order valence-electron chi connectivity index (χ2n) is 3.93. The second-order valence-corrected chi connectivity index (χ2v) is 5.04. The Morgan fingerprint density at radius 1 is 1.63 bits per heavy atom. The summed E-state index contributed by atoms with van der Waals surface area (Å²) in [5.74, 6) is 0.966. The monoisotopic (exact) mass is 280 g/mol. The molecule has 0 fully saturated rings. The predicted molar refractivity (Wildman–Crippen MR) is 74.1 cm³/mol. The maximum Gasteiger partial charge on any atom is 0.320 e. The normalized spacial score (nSPS) is 11.6. The van der Waals surface area contributed by atoms with Crippen molar-refractivity contribution in [3.63, 3.8) is 0 Å². The van der Waals surface area contributed by atoms with Gasteiger partial charge >= 0.3 is 5.97 Å². The van der Waals surface area contributed by atoms with E-state index in [9.17, 15) is 4.79 Å². The van der Waals surface area contributed by atoms with Crippen molar-refractivity contribution < 1.29 is 14.6 Å². The summed E-state index contributed by atoms with van der Waals surface area (Å²) >= 11 is 1.59. The van der Waals surface area contributed by atoms with Crippen molar-refractivity contribution in [3.05, 3.63) is 29.3 Å². The summed E-state index contributed by atoms with van der Waals surface area (Å²) < 4.78 is 5.06. The van der Waals surface area contributed by atoms with Gasteiger partial charge in [0.1, 0.15) is 17.9 Å². The van der Waals surface area contributed by atoms with Crippen molar-refractivity contribution in [2.24, 2.45) is 5.73 Å². The third-order valence-corrected chi connectivity index (χ3v) is 3.61. The molecule has 0 saturated heterocycles. The van der Waals surface area contributed by atoms with Gasteiger partial charge in [-0.15, -0.1) is 0 Å². The van der Waals surface area contributed by atoms with Gasteiger partial charge in [0.15, 0.2) is 0 Å². The number of hydrogen-bond donors (Lipinski definition) is 2. The lowest BCUT2D eigenvalue weighted by atomic mass is 10.1. The van der Waals surface area contributed by atoms with Crippen molar-refractivity contribution in [2.45, 2.75) is 18.2 Å². The number of ether oxygens (including phenoxy) is 1. The first-order valence-corrected chi connectivity index (χ1v) is 6.87. The number of nitrogens with zero attached hydrogens (tertiary/aromatic N) is 1. The van der Waals surface area contributed by atoms with E-state index in [1.54, 1.807) is 23.9 Å². The number of nitriles is 1. The predicted octanol–water partition coefficient (Wildman–Crippen LogP) is 1.60. The number of carboxylic acid groups (broad SMARTS) is 1. The molecule has 0 radical (unpaired) electrons. The summed E-state index contributed by atoms with van der Waals surface area (Å²) in [5.41, 5.74) is 6.92. The number of methoxy groups -OCH3 is 1. The summed E-state index contributed by atoms with van der Waals surface area (Å²) in [7, 11) is 1.53. The standard InChI is InChI=1S/C13H16N2O3S/c1-18-12-3-2-9(6-10(12)7-14)8-19-5-4-11(15)13(16)17/h2-3,6,11H,4-5,8,15H2,1H3,(H,16,17). The number of aliphatic carboxylic acids is 1. The summed E-state index contributed by atoms with van der Waals surface area (Å²) in [5, 5.41) is 17.6. The molecule has 1 aromatic rings. The number of thioether (sulfide) groups is 1. The van der Waals surface area contributed by atoms with Crippen LogP contribution < -0.4 is 10.5 Å². The van der Waals surface area contributed by atoms with Gasteiger partial charge in [0.05, 0.1) is 12.7 Å². The Bertz CT molecular complexity index is 485. The molecule has 0 aromatic heterocycles. The van der Waals surface area contributed by atoms with Gasteiger partial charge in [0, 0.05) is 5.75 Å². The first kappa shape index (κ1) is 15.3. The van der Waals surface area contributed by atoms with E-state index in [1.165, 1.54) is 7.11 Å². The molecule has 102 valence electrons. The van der Waals surface area contributed by atoms with E-state index in [0.29, 0.717) is 29.2 Å². The van der Waals surface area contributed by atoms with Gasteiger partial charge in [-0.25, -0.2) is 0 Å². The highest BCUT2D eigenvalue weighted by atomic mass is 32.2. The highest BCUT2D eigenvalue weighted by Crippen LogP contribution is 2.22. The molecule has 1 atom stereocenters. The van der Waals surface area contributed by atoms with Crippen LogP contribution in [0.4, 0.5) is 0 Å². The molecule has 5 nitrogen and oxygen atoms in total. The largest absolute Gasteiger partial charge is 0.495 e. The third-order valence-electron chi connectivity index (χ3n) is 2.54. The van der Waals surface area contributed by atoms with Crippen LogP contribution in [0, 0.1) is 11.3 Å². The molecule has 1 aromatic carbocycles. The van der Waals surface area contributed by atoms with Crippen LogP contribution in [0.25, 0.3) is 0 Å². The van der Waals surface area contributed by atoms with Crippen LogP contribution in [0.1, 0.15) is 17.5 Å². The lowest BCUT2D eigenvalue weighted by Crippen LogP contribution is -2.30. The Balaban J connectivity index is 2.46. The van der Waals surface area contributed by atoms with Gasteiger partial charge in [-0.2, -0.15) is 17.0 Å². The topological polar surface area (TPSA) is 96.3 Å². The highest BCUT2D eigenvalue weighted by molar-refractivity contribution is 7.98. The molecule has 1 unspecified atom stereocenters. The summed E-state index contributed by atoms with van der Waals surface area (Å²) in [4.78, 5) is 10.5. The average molecular weight is 280 g/mol. The van der Waals surface area contributed by atoms with Gasteiger partial charge < -0.3 is 15.6 Å². The Morgan fingerprint density at radius 2 is 2.37 bits per heavy atom. The van der Waals surface area contributed by atoms with Crippen LogP contribution in [0.2, 0.25) is 0 Å². The minimum atomic E-state index is -0.975. The van der Waals surface area contributed by atoms with Crippen molar-refractivity contribution in [2.75, 3.05) is 12.9 Å². The maximum atomic E-state index is 10.5. The van der Waals surface area contributed by atoms with E-state index in [0.717, 1.165) is 5.56 Å². The fourth-order valence-corrected chi connectivity index (χ4v) is 2.44. The van der Waals surface area contributed by atoms with Crippen molar-refractivity contribution >= 4 is 17.7 Å². The number of benzene rings is 1. The van der Waals surface area contributed by atoms with Crippen molar-refractivity contribution in [1.82, 2.24) is 0 Å². The molecule has 0 heterocycles. The quantitative estimate of drug-likeness (QED) is 0.736. The molecular weight excluding hydrogens is 264 g/mol.